The average molecular weight is 283 g/mol. The molecular formula is C15H25NO4. The van der Waals surface area contributed by atoms with E-state index in [1.54, 1.807) is 0 Å². The number of esters is 1. The molecule has 2 rings (SSSR count). The number of hydrogen-bond acceptors (Lipinski definition) is 4. The minimum Gasteiger partial charge on any atom is -0.466 e. The summed E-state index contributed by atoms with van der Waals surface area (Å²) >= 11 is 0. The lowest BCUT2D eigenvalue weighted by atomic mass is 10.00. The van der Waals surface area contributed by atoms with Crippen LogP contribution in [0.5, 0.6) is 0 Å². The van der Waals surface area contributed by atoms with Gasteiger partial charge in [0.15, 0.2) is 0 Å². The van der Waals surface area contributed by atoms with Crippen molar-refractivity contribution in [1.29, 1.82) is 0 Å². The van der Waals surface area contributed by atoms with Gasteiger partial charge in [0, 0.05) is 12.0 Å². The first-order valence-electron chi connectivity index (χ1n) is 7.43. The maximum absolute atomic E-state index is 11.9. The lowest BCUT2D eigenvalue weighted by Gasteiger charge is -2.21. The van der Waals surface area contributed by atoms with Gasteiger partial charge in [-0.3, -0.25) is 4.79 Å². The quantitative estimate of drug-likeness (QED) is 0.805. The van der Waals surface area contributed by atoms with Gasteiger partial charge in [-0.2, -0.15) is 0 Å². The molecule has 0 aliphatic heterocycles. The fourth-order valence-corrected chi connectivity index (χ4v) is 3.53. The highest BCUT2D eigenvalue weighted by molar-refractivity contribution is 5.78. The Hall–Kier alpha value is -1.26. The topological polar surface area (TPSA) is 64.6 Å². The van der Waals surface area contributed by atoms with Gasteiger partial charge in [0.25, 0.3) is 0 Å². The third kappa shape index (κ3) is 2.91. The number of ether oxygens (including phenoxy) is 2. The molecule has 3 atom stereocenters. The molecule has 2 aliphatic carbocycles. The van der Waals surface area contributed by atoms with Crippen molar-refractivity contribution in [3.8, 4) is 0 Å². The van der Waals surface area contributed by atoms with Gasteiger partial charge >= 0.3 is 12.1 Å². The summed E-state index contributed by atoms with van der Waals surface area (Å²) in [5.74, 6) is 0.228. The van der Waals surface area contributed by atoms with Crippen molar-refractivity contribution < 1.29 is 19.1 Å². The fraction of sp³-hybridized carbons (Fsp3) is 0.867. The van der Waals surface area contributed by atoms with Crippen LogP contribution in [-0.4, -0.2) is 30.8 Å². The SMILES string of the molecule is CCOC(=O)[C@H]1[C@@H]2CCC[C@@]21CNC(=O)OC(C)(C)C. The summed E-state index contributed by atoms with van der Waals surface area (Å²) in [6.07, 6.45) is 2.75. The van der Waals surface area contributed by atoms with Crippen LogP contribution in [0, 0.1) is 17.3 Å². The third-order valence-corrected chi connectivity index (χ3v) is 4.31. The Labute approximate surface area is 120 Å². The summed E-state index contributed by atoms with van der Waals surface area (Å²) < 4.78 is 10.4. The van der Waals surface area contributed by atoms with E-state index >= 15 is 0 Å². The monoisotopic (exact) mass is 283 g/mol. The van der Waals surface area contributed by atoms with Gasteiger partial charge in [-0.1, -0.05) is 6.42 Å². The lowest BCUT2D eigenvalue weighted by Crippen LogP contribution is -2.36. The Morgan fingerprint density at radius 3 is 2.65 bits per heavy atom. The molecule has 114 valence electrons. The third-order valence-electron chi connectivity index (χ3n) is 4.31. The Bertz CT molecular complexity index is 401. The predicted molar refractivity (Wildman–Crippen MR) is 74.1 cm³/mol. The van der Waals surface area contributed by atoms with Crippen LogP contribution in [0.1, 0.15) is 47.0 Å². The van der Waals surface area contributed by atoms with Crippen LogP contribution in [0.15, 0.2) is 0 Å². The molecule has 1 amide bonds. The Balaban J connectivity index is 1.88. The average Bonchev–Trinajstić information content (AvgIpc) is 2.75. The van der Waals surface area contributed by atoms with Crippen molar-refractivity contribution in [2.45, 2.75) is 52.6 Å². The molecule has 0 radical (unpaired) electrons. The van der Waals surface area contributed by atoms with E-state index in [0.717, 1.165) is 19.3 Å². The number of nitrogens with one attached hydrogen (secondary N) is 1. The first kappa shape index (κ1) is 15.1. The molecule has 0 aromatic carbocycles. The van der Waals surface area contributed by atoms with E-state index in [0.29, 0.717) is 19.1 Å². The first-order valence-corrected chi connectivity index (χ1v) is 7.43. The van der Waals surface area contributed by atoms with Gasteiger partial charge in [-0.25, -0.2) is 4.79 Å². The fourth-order valence-electron chi connectivity index (χ4n) is 3.53. The highest BCUT2D eigenvalue weighted by atomic mass is 16.6. The van der Waals surface area contributed by atoms with Crippen molar-refractivity contribution in [1.82, 2.24) is 5.32 Å². The summed E-state index contributed by atoms with van der Waals surface area (Å²) in [5.41, 5.74) is -0.579. The maximum Gasteiger partial charge on any atom is 0.407 e. The molecular weight excluding hydrogens is 258 g/mol. The second-order valence-corrected chi connectivity index (χ2v) is 6.82. The van der Waals surface area contributed by atoms with Crippen molar-refractivity contribution >= 4 is 12.1 Å². The van der Waals surface area contributed by atoms with Crippen LogP contribution in [0.25, 0.3) is 0 Å². The zero-order valence-corrected chi connectivity index (χ0v) is 12.8. The van der Waals surface area contributed by atoms with E-state index in [1.807, 2.05) is 27.7 Å². The van der Waals surface area contributed by atoms with Crippen LogP contribution < -0.4 is 5.32 Å². The number of rotatable bonds is 4. The summed E-state index contributed by atoms with van der Waals surface area (Å²) in [5, 5.41) is 2.82. The van der Waals surface area contributed by atoms with Crippen molar-refractivity contribution in [3.05, 3.63) is 0 Å². The van der Waals surface area contributed by atoms with Gasteiger partial charge in [0.05, 0.1) is 12.5 Å². The molecule has 2 saturated carbocycles. The van der Waals surface area contributed by atoms with Gasteiger partial charge in [-0.05, 0) is 46.5 Å². The van der Waals surface area contributed by atoms with E-state index < -0.39 is 11.7 Å². The van der Waals surface area contributed by atoms with E-state index in [9.17, 15) is 9.59 Å². The van der Waals surface area contributed by atoms with Crippen LogP contribution in [0.2, 0.25) is 0 Å². The zero-order valence-electron chi connectivity index (χ0n) is 12.8. The molecule has 5 nitrogen and oxygen atoms in total. The van der Waals surface area contributed by atoms with Gasteiger partial charge in [0.1, 0.15) is 5.60 Å². The van der Waals surface area contributed by atoms with E-state index in [1.165, 1.54) is 0 Å². The highest BCUT2D eigenvalue weighted by Gasteiger charge is 2.70. The standard InChI is InChI=1S/C15H25NO4/c1-5-19-12(17)11-10-7-6-8-15(10,11)9-16-13(18)20-14(2,3)4/h10-11H,5-9H2,1-4H3,(H,16,18)/t10-,11+,15+/m0/s1. The molecule has 0 aromatic rings. The molecule has 20 heavy (non-hydrogen) atoms. The lowest BCUT2D eigenvalue weighted by molar-refractivity contribution is -0.146. The van der Waals surface area contributed by atoms with E-state index in [4.69, 9.17) is 9.47 Å². The minimum atomic E-state index is -0.499. The Morgan fingerprint density at radius 1 is 1.35 bits per heavy atom. The normalized spacial score (nSPS) is 31.4. The Morgan fingerprint density at radius 2 is 2.05 bits per heavy atom. The number of amides is 1. The minimum absolute atomic E-state index is 0.0360. The molecule has 2 fully saturated rings. The first-order chi connectivity index (χ1) is 9.30. The molecule has 0 unspecified atom stereocenters. The molecule has 0 bridgehead atoms. The van der Waals surface area contributed by atoms with Crippen molar-refractivity contribution in [2.24, 2.45) is 17.3 Å². The largest absolute Gasteiger partial charge is 0.466 e. The highest BCUT2D eigenvalue weighted by Crippen LogP contribution is 2.68. The summed E-state index contributed by atoms with van der Waals surface area (Å²) in [7, 11) is 0. The molecule has 2 aliphatic rings. The molecule has 0 saturated heterocycles. The number of hydrogen-bond donors (Lipinski definition) is 1. The molecule has 0 spiro atoms. The number of carbonyl (C=O) groups is 2. The number of carbonyl (C=O) groups excluding carboxylic acids is 2. The molecule has 0 heterocycles. The van der Waals surface area contributed by atoms with Crippen LogP contribution in [-0.2, 0) is 14.3 Å². The van der Waals surface area contributed by atoms with Gasteiger partial charge < -0.3 is 14.8 Å². The predicted octanol–water partition coefficient (Wildman–Crippen LogP) is 2.49. The molecule has 0 aromatic heterocycles. The maximum atomic E-state index is 11.9. The Kier molecular flexibility index (Phi) is 3.98. The second-order valence-electron chi connectivity index (χ2n) is 6.82. The van der Waals surface area contributed by atoms with Crippen LogP contribution in [0.3, 0.4) is 0 Å². The number of fused-ring (bicyclic) bond motifs is 1. The van der Waals surface area contributed by atoms with Crippen molar-refractivity contribution in [3.63, 3.8) is 0 Å². The van der Waals surface area contributed by atoms with E-state index in [2.05, 4.69) is 5.32 Å². The second kappa shape index (κ2) is 5.26. The van der Waals surface area contributed by atoms with Crippen LogP contribution in [0.4, 0.5) is 4.79 Å². The van der Waals surface area contributed by atoms with Gasteiger partial charge in [0.2, 0.25) is 0 Å². The summed E-state index contributed by atoms with van der Waals surface area (Å²) in [4.78, 5) is 23.7. The molecule has 1 N–H and O–H groups in total. The molecule has 5 heteroatoms. The van der Waals surface area contributed by atoms with E-state index in [-0.39, 0.29) is 17.3 Å². The number of alkyl carbamates (subject to hydrolysis) is 1. The zero-order chi connectivity index (χ0) is 15.0. The smallest absolute Gasteiger partial charge is 0.407 e. The van der Waals surface area contributed by atoms with Crippen molar-refractivity contribution in [2.75, 3.05) is 13.2 Å². The summed E-state index contributed by atoms with van der Waals surface area (Å²) in [6, 6.07) is 0. The van der Waals surface area contributed by atoms with Gasteiger partial charge in [-0.15, -0.1) is 0 Å². The summed E-state index contributed by atoms with van der Waals surface area (Å²) in [6.45, 7) is 8.25. The van der Waals surface area contributed by atoms with Crippen LogP contribution >= 0.6 is 0 Å².